The Labute approximate surface area is 118 Å². The van der Waals surface area contributed by atoms with Crippen molar-refractivity contribution in [1.82, 2.24) is 14.8 Å². The van der Waals surface area contributed by atoms with E-state index in [-0.39, 0.29) is 11.8 Å². The van der Waals surface area contributed by atoms with E-state index in [0.717, 1.165) is 18.7 Å². The summed E-state index contributed by atoms with van der Waals surface area (Å²) in [4.78, 5) is 10.7. The van der Waals surface area contributed by atoms with Crippen LogP contribution in [0.25, 0.3) is 0 Å². The van der Waals surface area contributed by atoms with Crippen molar-refractivity contribution in [3.8, 4) is 0 Å². The highest BCUT2D eigenvalue weighted by Gasteiger charge is 2.32. The third kappa shape index (κ3) is 3.79. The van der Waals surface area contributed by atoms with Crippen LogP contribution < -0.4 is 0 Å². The quantitative estimate of drug-likeness (QED) is 0.764. The van der Waals surface area contributed by atoms with E-state index in [1.54, 1.807) is 6.26 Å². The molecular formula is C11H17N3O3S2. The molecule has 2 atom stereocenters. The van der Waals surface area contributed by atoms with Gasteiger partial charge < -0.3 is 9.67 Å². The number of thioether (sulfide) groups is 1. The van der Waals surface area contributed by atoms with Crippen LogP contribution in [0.2, 0.25) is 0 Å². The molecule has 106 valence electrons. The minimum atomic E-state index is -0.904. The fourth-order valence-corrected chi connectivity index (χ4v) is 3.55. The molecule has 1 aromatic heterocycles. The zero-order valence-electron chi connectivity index (χ0n) is 10.9. The van der Waals surface area contributed by atoms with Crippen LogP contribution in [0.15, 0.2) is 5.16 Å². The first-order valence-electron chi connectivity index (χ1n) is 6.08. The summed E-state index contributed by atoms with van der Waals surface area (Å²) in [6.45, 7) is 1.97. The van der Waals surface area contributed by atoms with Crippen LogP contribution in [-0.4, -0.2) is 47.8 Å². The van der Waals surface area contributed by atoms with Crippen LogP contribution in [0.3, 0.4) is 0 Å². The normalized spacial score (nSPS) is 18.2. The first-order valence-corrected chi connectivity index (χ1v) is 8.79. The molecule has 0 amide bonds. The van der Waals surface area contributed by atoms with Crippen LogP contribution in [-0.2, 0) is 15.6 Å². The molecule has 6 nitrogen and oxygen atoms in total. The zero-order valence-corrected chi connectivity index (χ0v) is 12.5. The van der Waals surface area contributed by atoms with Gasteiger partial charge in [0.1, 0.15) is 5.82 Å². The topological polar surface area (TPSA) is 85.1 Å². The molecule has 19 heavy (non-hydrogen) atoms. The van der Waals surface area contributed by atoms with E-state index in [1.807, 2.05) is 11.5 Å². The SMILES string of the molecule is CC(CS(C)=O)n1c(SCC(=O)O)nnc1C1CC1. The molecule has 2 rings (SSSR count). The Morgan fingerprint density at radius 2 is 2.26 bits per heavy atom. The highest BCUT2D eigenvalue weighted by Crippen LogP contribution is 2.41. The number of rotatable bonds is 7. The Bertz CT molecular complexity index is 499. The highest BCUT2D eigenvalue weighted by atomic mass is 32.2. The van der Waals surface area contributed by atoms with Crippen LogP contribution in [0, 0.1) is 0 Å². The average molecular weight is 303 g/mol. The molecular weight excluding hydrogens is 286 g/mol. The molecule has 0 radical (unpaired) electrons. The number of hydrogen-bond donors (Lipinski definition) is 1. The largest absolute Gasteiger partial charge is 0.481 e. The van der Waals surface area contributed by atoms with Crippen molar-refractivity contribution in [3.63, 3.8) is 0 Å². The van der Waals surface area contributed by atoms with Gasteiger partial charge in [-0.05, 0) is 19.8 Å². The van der Waals surface area contributed by atoms with Gasteiger partial charge in [-0.3, -0.25) is 9.00 Å². The lowest BCUT2D eigenvalue weighted by molar-refractivity contribution is -0.133. The molecule has 0 aromatic carbocycles. The van der Waals surface area contributed by atoms with Gasteiger partial charge in [-0.2, -0.15) is 0 Å². The summed E-state index contributed by atoms with van der Waals surface area (Å²) in [6, 6.07) is 0.0210. The van der Waals surface area contributed by atoms with Crippen LogP contribution >= 0.6 is 11.8 Å². The van der Waals surface area contributed by atoms with Crippen molar-refractivity contribution in [1.29, 1.82) is 0 Å². The number of carbonyl (C=O) groups is 1. The molecule has 0 bridgehead atoms. The van der Waals surface area contributed by atoms with E-state index in [2.05, 4.69) is 10.2 Å². The molecule has 8 heteroatoms. The maximum absolute atomic E-state index is 11.4. The van der Waals surface area contributed by atoms with E-state index >= 15 is 0 Å². The van der Waals surface area contributed by atoms with Crippen molar-refractivity contribution >= 4 is 28.5 Å². The molecule has 0 aliphatic heterocycles. The fourth-order valence-electron chi connectivity index (χ4n) is 1.96. The molecule has 2 unspecified atom stereocenters. The standard InChI is InChI=1S/C11H17N3O3S2/c1-7(6-19(2)17)14-10(8-3-4-8)12-13-11(14)18-5-9(15)16/h7-8H,3-6H2,1-2H3,(H,15,16). The van der Waals surface area contributed by atoms with E-state index < -0.39 is 16.8 Å². The third-order valence-electron chi connectivity index (χ3n) is 2.87. The van der Waals surface area contributed by atoms with Crippen molar-refractivity contribution in [3.05, 3.63) is 5.82 Å². The lowest BCUT2D eigenvalue weighted by Crippen LogP contribution is -2.16. The summed E-state index contributed by atoms with van der Waals surface area (Å²) >= 11 is 1.17. The Morgan fingerprint density at radius 3 is 2.79 bits per heavy atom. The van der Waals surface area contributed by atoms with Gasteiger partial charge in [-0.1, -0.05) is 11.8 Å². The number of carboxylic acids is 1. The van der Waals surface area contributed by atoms with Crippen molar-refractivity contribution < 1.29 is 14.1 Å². The van der Waals surface area contributed by atoms with Gasteiger partial charge in [0.25, 0.3) is 0 Å². The summed E-state index contributed by atoms with van der Waals surface area (Å²) in [6.07, 6.45) is 3.87. The van der Waals surface area contributed by atoms with E-state index in [4.69, 9.17) is 5.11 Å². The summed E-state index contributed by atoms with van der Waals surface area (Å²) < 4.78 is 13.3. The highest BCUT2D eigenvalue weighted by molar-refractivity contribution is 7.99. The number of hydrogen-bond acceptors (Lipinski definition) is 5. The number of nitrogens with zero attached hydrogens (tertiary/aromatic N) is 3. The number of carboxylic acid groups (broad SMARTS) is 1. The second-order valence-electron chi connectivity index (χ2n) is 4.76. The number of aromatic nitrogens is 3. The molecule has 1 heterocycles. The zero-order chi connectivity index (χ0) is 14.0. The minimum Gasteiger partial charge on any atom is -0.481 e. The molecule has 1 aliphatic rings. The molecule has 1 aromatic rings. The summed E-state index contributed by atoms with van der Waals surface area (Å²) in [7, 11) is -0.904. The summed E-state index contributed by atoms with van der Waals surface area (Å²) in [5.41, 5.74) is 0. The van der Waals surface area contributed by atoms with Gasteiger partial charge in [0.2, 0.25) is 0 Å². The predicted molar refractivity (Wildman–Crippen MR) is 74.0 cm³/mol. The van der Waals surface area contributed by atoms with Gasteiger partial charge >= 0.3 is 5.97 Å². The first-order chi connectivity index (χ1) is 8.99. The number of aliphatic carboxylic acids is 1. The van der Waals surface area contributed by atoms with Crippen LogP contribution in [0.4, 0.5) is 0 Å². The van der Waals surface area contributed by atoms with Crippen LogP contribution in [0.5, 0.6) is 0 Å². The molecule has 1 saturated carbocycles. The van der Waals surface area contributed by atoms with Gasteiger partial charge in [-0.15, -0.1) is 10.2 Å². The average Bonchev–Trinajstić information content (AvgIpc) is 3.05. The molecule has 0 spiro atoms. The van der Waals surface area contributed by atoms with Gasteiger partial charge in [0.15, 0.2) is 5.16 Å². The van der Waals surface area contributed by atoms with Gasteiger partial charge in [0, 0.05) is 34.8 Å². The molecule has 1 aliphatic carbocycles. The fraction of sp³-hybridized carbons (Fsp3) is 0.727. The summed E-state index contributed by atoms with van der Waals surface area (Å²) in [5.74, 6) is 0.952. The Morgan fingerprint density at radius 1 is 1.58 bits per heavy atom. The third-order valence-corrected chi connectivity index (χ3v) is 4.75. The molecule has 0 saturated heterocycles. The van der Waals surface area contributed by atoms with E-state index in [0.29, 0.717) is 16.8 Å². The van der Waals surface area contributed by atoms with E-state index in [1.165, 1.54) is 11.8 Å². The Balaban J connectivity index is 2.22. The second-order valence-corrected chi connectivity index (χ2v) is 7.18. The minimum absolute atomic E-state index is 0.0210. The molecule has 1 N–H and O–H groups in total. The maximum atomic E-state index is 11.4. The first kappa shape index (κ1) is 14.5. The Hall–Kier alpha value is -0.890. The van der Waals surface area contributed by atoms with Crippen LogP contribution in [0.1, 0.15) is 37.5 Å². The van der Waals surface area contributed by atoms with Crippen molar-refractivity contribution in [2.24, 2.45) is 0 Å². The second kappa shape index (κ2) is 6.04. The van der Waals surface area contributed by atoms with Crippen molar-refractivity contribution in [2.75, 3.05) is 17.8 Å². The predicted octanol–water partition coefficient (Wildman–Crippen LogP) is 1.27. The summed E-state index contributed by atoms with van der Waals surface area (Å²) in [5, 5.41) is 17.6. The smallest absolute Gasteiger partial charge is 0.313 e. The van der Waals surface area contributed by atoms with Crippen molar-refractivity contribution in [2.45, 2.75) is 36.9 Å². The maximum Gasteiger partial charge on any atom is 0.313 e. The molecule has 1 fully saturated rings. The van der Waals surface area contributed by atoms with Gasteiger partial charge in [0.05, 0.1) is 5.75 Å². The van der Waals surface area contributed by atoms with Gasteiger partial charge in [-0.25, -0.2) is 0 Å². The lowest BCUT2D eigenvalue weighted by Gasteiger charge is -2.16. The lowest BCUT2D eigenvalue weighted by atomic mass is 10.3. The Kier molecular flexibility index (Phi) is 4.62. The van der Waals surface area contributed by atoms with E-state index in [9.17, 15) is 9.00 Å². The monoisotopic (exact) mass is 303 g/mol.